The van der Waals surface area contributed by atoms with Gasteiger partial charge >= 0.3 is 5.92 Å². The Labute approximate surface area is 151 Å². The minimum atomic E-state index is -4.50. The predicted molar refractivity (Wildman–Crippen MR) is 83.9 cm³/mol. The number of benzene rings is 2. The molecule has 0 fully saturated rings. The van der Waals surface area contributed by atoms with Crippen molar-refractivity contribution in [2.24, 2.45) is 5.14 Å². The van der Waals surface area contributed by atoms with Gasteiger partial charge in [-0.1, -0.05) is 0 Å². The molecule has 0 bridgehead atoms. The third kappa shape index (κ3) is 3.13. The smallest absolute Gasteiger partial charge is 0.307 e. The third-order valence-corrected chi connectivity index (χ3v) is 4.99. The number of aliphatic hydroxyl groups is 2. The average Bonchev–Trinajstić information content (AvgIpc) is 2.75. The number of ether oxygens (including phenoxy) is 1. The first kappa shape index (κ1) is 19.1. The number of aliphatic hydroxyl groups excluding tert-OH is 2. The molecular weight excluding hydrogens is 389 g/mol. The van der Waals surface area contributed by atoms with Crippen LogP contribution < -0.4 is 9.88 Å². The third-order valence-electron chi connectivity index (χ3n) is 4.02. The number of fused-ring (bicyclic) bond motifs is 1. The molecule has 0 aliphatic heterocycles. The first-order chi connectivity index (χ1) is 12.5. The number of hydrogen-bond acceptors (Lipinski definition) is 6. The summed E-state index contributed by atoms with van der Waals surface area (Å²) in [7, 11) is -4.50. The van der Waals surface area contributed by atoms with Crippen molar-refractivity contribution in [3.8, 4) is 17.6 Å². The summed E-state index contributed by atoms with van der Waals surface area (Å²) in [6.45, 7) is 0. The number of nitrogens with two attached hydrogens (primary N) is 1. The fourth-order valence-electron chi connectivity index (χ4n) is 2.85. The van der Waals surface area contributed by atoms with E-state index in [1.54, 1.807) is 6.07 Å². The van der Waals surface area contributed by atoms with Crippen LogP contribution in [0.4, 0.5) is 13.2 Å². The lowest BCUT2D eigenvalue weighted by Crippen LogP contribution is -2.27. The number of halogens is 3. The predicted octanol–water partition coefficient (Wildman–Crippen LogP) is 1.85. The molecule has 0 saturated heterocycles. The molecule has 0 unspecified atom stereocenters. The number of rotatable bonds is 3. The Kier molecular flexibility index (Phi) is 4.40. The van der Waals surface area contributed by atoms with E-state index in [0.717, 1.165) is 30.3 Å². The summed E-state index contributed by atoms with van der Waals surface area (Å²) in [5.41, 5.74) is -1.61. The summed E-state index contributed by atoms with van der Waals surface area (Å²) in [5, 5.41) is 33.6. The molecule has 2 aromatic rings. The van der Waals surface area contributed by atoms with E-state index in [4.69, 9.17) is 15.1 Å². The van der Waals surface area contributed by atoms with Crippen molar-refractivity contribution in [3.63, 3.8) is 0 Å². The van der Waals surface area contributed by atoms with Crippen LogP contribution in [0.3, 0.4) is 0 Å². The molecule has 11 heteroatoms. The molecule has 3 rings (SSSR count). The molecule has 0 aromatic heterocycles. The number of primary sulfonamides is 1. The van der Waals surface area contributed by atoms with Crippen LogP contribution in [0.15, 0.2) is 35.2 Å². The maximum atomic E-state index is 14.1. The highest BCUT2D eigenvalue weighted by atomic mass is 32.2. The van der Waals surface area contributed by atoms with E-state index < -0.39 is 55.7 Å². The normalized spacial score (nSPS) is 20.8. The molecule has 0 saturated carbocycles. The quantitative estimate of drug-likeness (QED) is 0.720. The number of alkyl halides is 2. The summed E-state index contributed by atoms with van der Waals surface area (Å²) >= 11 is 0. The van der Waals surface area contributed by atoms with Crippen LogP contribution in [-0.2, 0) is 10.0 Å². The van der Waals surface area contributed by atoms with Gasteiger partial charge in [0.15, 0.2) is 0 Å². The van der Waals surface area contributed by atoms with Gasteiger partial charge in [0.2, 0.25) is 10.0 Å². The summed E-state index contributed by atoms with van der Waals surface area (Å²) < 4.78 is 70.4. The molecule has 2 atom stereocenters. The van der Waals surface area contributed by atoms with Crippen LogP contribution in [-0.4, -0.2) is 24.6 Å². The monoisotopic (exact) mass is 400 g/mol. The first-order valence-electron chi connectivity index (χ1n) is 7.29. The number of hydrogen-bond donors (Lipinski definition) is 3. The molecule has 7 nitrogen and oxygen atoms in total. The van der Waals surface area contributed by atoms with Crippen molar-refractivity contribution in [1.82, 2.24) is 0 Å². The Balaban J connectivity index is 2.21. The van der Waals surface area contributed by atoms with E-state index in [0.29, 0.717) is 0 Å². The van der Waals surface area contributed by atoms with Gasteiger partial charge < -0.3 is 14.9 Å². The molecule has 1 aliphatic carbocycles. The fraction of sp³-hybridized carbons (Fsp3) is 0.188. The maximum Gasteiger partial charge on any atom is 0.307 e. The van der Waals surface area contributed by atoms with Crippen LogP contribution in [0.1, 0.15) is 28.9 Å². The van der Waals surface area contributed by atoms with Crippen LogP contribution in [0.5, 0.6) is 11.5 Å². The zero-order valence-corrected chi connectivity index (χ0v) is 14.0. The van der Waals surface area contributed by atoms with Gasteiger partial charge in [0.1, 0.15) is 29.5 Å². The largest absolute Gasteiger partial charge is 0.457 e. The maximum absolute atomic E-state index is 14.1. The van der Waals surface area contributed by atoms with Crippen molar-refractivity contribution in [2.45, 2.75) is 23.0 Å². The van der Waals surface area contributed by atoms with E-state index in [-0.39, 0.29) is 11.3 Å². The molecule has 0 radical (unpaired) electrons. The lowest BCUT2D eigenvalue weighted by Gasteiger charge is -2.18. The second-order valence-corrected chi connectivity index (χ2v) is 7.33. The lowest BCUT2D eigenvalue weighted by molar-refractivity contribution is -0.166. The Hall–Kier alpha value is -2.65. The first-order valence-corrected chi connectivity index (χ1v) is 8.83. The summed E-state index contributed by atoms with van der Waals surface area (Å²) in [6.07, 6.45) is -5.25. The minimum Gasteiger partial charge on any atom is -0.457 e. The standard InChI is InChI=1S/C16H11F3N2O5S/c17-8-3-7(6-20)4-9(5-8)26-10-1-2-11(27(21,24)25)13-12(10)14(22)16(18,19)15(13)23/h1-5,14-15,22-23H,(H2,21,24,25)/t14-,15-/m0/s1. The van der Waals surface area contributed by atoms with Gasteiger partial charge in [-0.25, -0.2) is 26.7 Å². The molecule has 1 aliphatic rings. The number of sulfonamides is 1. The van der Waals surface area contributed by atoms with E-state index >= 15 is 0 Å². The number of nitriles is 1. The van der Waals surface area contributed by atoms with Crippen molar-refractivity contribution in [2.75, 3.05) is 0 Å². The van der Waals surface area contributed by atoms with Crippen LogP contribution in [0.2, 0.25) is 0 Å². The highest BCUT2D eigenvalue weighted by molar-refractivity contribution is 7.89. The Bertz CT molecular complexity index is 1080. The second-order valence-electron chi connectivity index (χ2n) is 5.80. The Morgan fingerprint density at radius 2 is 1.78 bits per heavy atom. The van der Waals surface area contributed by atoms with Gasteiger partial charge in [0.05, 0.1) is 16.5 Å². The van der Waals surface area contributed by atoms with Crippen molar-refractivity contribution in [3.05, 3.63) is 52.8 Å². The van der Waals surface area contributed by atoms with Crippen LogP contribution in [0, 0.1) is 17.1 Å². The highest BCUT2D eigenvalue weighted by Crippen LogP contribution is 2.55. The zero-order chi connectivity index (χ0) is 20.1. The molecule has 0 amide bonds. The van der Waals surface area contributed by atoms with Gasteiger partial charge in [-0.15, -0.1) is 0 Å². The zero-order valence-electron chi connectivity index (χ0n) is 13.2. The highest BCUT2D eigenvalue weighted by Gasteiger charge is 2.57. The van der Waals surface area contributed by atoms with Crippen molar-refractivity contribution in [1.29, 1.82) is 5.26 Å². The second kappa shape index (κ2) is 6.21. The molecule has 0 spiro atoms. The number of nitrogens with zero attached hydrogens (tertiary/aromatic N) is 1. The van der Waals surface area contributed by atoms with Crippen molar-refractivity contribution < 1.29 is 36.5 Å². The van der Waals surface area contributed by atoms with E-state index in [1.165, 1.54) is 0 Å². The van der Waals surface area contributed by atoms with Gasteiger partial charge in [0, 0.05) is 17.2 Å². The van der Waals surface area contributed by atoms with Gasteiger partial charge in [-0.3, -0.25) is 0 Å². The summed E-state index contributed by atoms with van der Waals surface area (Å²) in [6, 6.07) is 6.32. The molecule has 2 aromatic carbocycles. The minimum absolute atomic E-state index is 0.117. The molecule has 142 valence electrons. The molecule has 27 heavy (non-hydrogen) atoms. The SMILES string of the molecule is N#Cc1cc(F)cc(Oc2ccc(S(N)(=O)=O)c3c2[C@H](O)C(F)(F)[C@H]3O)c1. The molecule has 4 N–H and O–H groups in total. The van der Waals surface area contributed by atoms with Crippen LogP contribution >= 0.6 is 0 Å². The van der Waals surface area contributed by atoms with Gasteiger partial charge in [-0.2, -0.15) is 5.26 Å². The fourth-order valence-corrected chi connectivity index (χ4v) is 3.63. The van der Waals surface area contributed by atoms with E-state index in [1.807, 2.05) is 0 Å². The lowest BCUT2D eigenvalue weighted by atomic mass is 10.1. The van der Waals surface area contributed by atoms with E-state index in [9.17, 15) is 31.8 Å². The Morgan fingerprint density at radius 3 is 2.37 bits per heavy atom. The van der Waals surface area contributed by atoms with Crippen molar-refractivity contribution >= 4 is 10.0 Å². The van der Waals surface area contributed by atoms with Gasteiger partial charge in [0.25, 0.3) is 0 Å². The molecule has 0 heterocycles. The van der Waals surface area contributed by atoms with Crippen LogP contribution in [0.25, 0.3) is 0 Å². The Morgan fingerprint density at radius 1 is 1.15 bits per heavy atom. The van der Waals surface area contributed by atoms with E-state index in [2.05, 4.69) is 0 Å². The van der Waals surface area contributed by atoms with Gasteiger partial charge in [-0.05, 0) is 24.3 Å². The molecular formula is C16H11F3N2O5S. The average molecular weight is 400 g/mol. The summed E-state index contributed by atoms with van der Waals surface area (Å²) in [5.74, 6) is -5.65. The topological polar surface area (TPSA) is 134 Å². The summed E-state index contributed by atoms with van der Waals surface area (Å²) in [4.78, 5) is -0.800.